The van der Waals surface area contributed by atoms with Gasteiger partial charge in [-0.3, -0.25) is 4.72 Å². The van der Waals surface area contributed by atoms with Crippen LogP contribution in [-0.4, -0.2) is 14.7 Å². The normalized spacial score (nSPS) is 12.3. The zero-order valence-electron chi connectivity index (χ0n) is 13.0. The first-order chi connectivity index (χ1) is 10.8. The van der Waals surface area contributed by atoms with Crippen molar-refractivity contribution < 1.29 is 12.8 Å². The zero-order chi connectivity index (χ0) is 17.0. The quantitative estimate of drug-likeness (QED) is 0.838. The smallest absolute Gasteiger partial charge is 0.229 e. The Hall–Kier alpha value is -1.71. The number of rotatable bonds is 5. The van der Waals surface area contributed by atoms with Crippen LogP contribution in [0.15, 0.2) is 48.5 Å². The summed E-state index contributed by atoms with van der Waals surface area (Å²) in [6.45, 7) is 1.97. The molecule has 2 aromatic rings. The fraction of sp³-hybridized carbons (Fsp3) is 0.176. The third-order valence-corrected chi connectivity index (χ3v) is 4.13. The summed E-state index contributed by atoms with van der Waals surface area (Å²) in [7, 11) is -0.805. The van der Waals surface area contributed by atoms with E-state index in [0.717, 1.165) is 29.1 Å². The van der Waals surface area contributed by atoms with E-state index < -0.39 is 10.0 Å². The van der Waals surface area contributed by atoms with Crippen molar-refractivity contribution in [3.63, 3.8) is 0 Å². The van der Waals surface area contributed by atoms with E-state index in [1.165, 1.54) is 6.07 Å². The molecule has 122 valence electrons. The highest BCUT2D eigenvalue weighted by Gasteiger charge is 2.12. The maximum Gasteiger partial charge on any atom is 0.229 e. The van der Waals surface area contributed by atoms with Crippen molar-refractivity contribution in [3.05, 3.63) is 65.5 Å². The lowest BCUT2D eigenvalue weighted by molar-refractivity contribution is 0.607. The van der Waals surface area contributed by atoms with Crippen molar-refractivity contribution in [1.29, 1.82) is 0 Å². The topological polar surface area (TPSA) is 46.2 Å². The Balaban J connectivity index is 2.53. The van der Waals surface area contributed by atoms with Crippen molar-refractivity contribution >= 4 is 35.8 Å². The predicted octanol–water partition coefficient (Wildman–Crippen LogP) is 3.54. The molecule has 0 spiro atoms. The van der Waals surface area contributed by atoms with Crippen molar-refractivity contribution in [2.24, 2.45) is 0 Å². The highest BCUT2D eigenvalue weighted by Crippen LogP contribution is 2.28. The van der Waals surface area contributed by atoms with Gasteiger partial charge in [0.25, 0.3) is 0 Å². The number of anilines is 1. The number of benzene rings is 2. The Morgan fingerprint density at radius 2 is 2.00 bits per heavy atom. The monoisotopic (exact) mass is 351 g/mol. The lowest BCUT2D eigenvalue weighted by atomic mass is 9.96. The molecule has 0 aliphatic rings. The number of nitrogens with one attached hydrogen (secondary N) is 1. The van der Waals surface area contributed by atoms with Gasteiger partial charge < -0.3 is 0 Å². The van der Waals surface area contributed by atoms with Crippen LogP contribution < -0.4 is 10.0 Å². The molecular weight excluding hydrogens is 332 g/mol. The van der Waals surface area contributed by atoms with E-state index in [0.29, 0.717) is 11.3 Å². The average molecular weight is 351 g/mol. The summed E-state index contributed by atoms with van der Waals surface area (Å²) in [6.07, 6.45) is 3.77. The molecule has 0 saturated heterocycles. The molecule has 3 nitrogen and oxygen atoms in total. The molecule has 1 unspecified atom stereocenters. The van der Waals surface area contributed by atoms with E-state index in [-0.39, 0.29) is 5.82 Å². The molecule has 6 heteroatoms. The molecule has 0 aliphatic heterocycles. The van der Waals surface area contributed by atoms with E-state index in [1.54, 1.807) is 30.3 Å². The molecule has 1 N–H and O–H groups in total. The molecular formula is C17H19FNO2PS. The predicted molar refractivity (Wildman–Crippen MR) is 98.0 cm³/mol. The Morgan fingerprint density at radius 3 is 2.65 bits per heavy atom. The van der Waals surface area contributed by atoms with Gasteiger partial charge in [0.05, 0.1) is 6.26 Å². The molecule has 0 radical (unpaired) electrons. The van der Waals surface area contributed by atoms with Crippen LogP contribution in [-0.2, 0) is 10.0 Å². The number of sulfonamides is 1. The SMILES string of the molecule is CC/C=C(/c1cccc(NS(C)(=O)=O)c1)c1cc(P)ccc1F. The Bertz CT molecular complexity index is 847. The summed E-state index contributed by atoms with van der Waals surface area (Å²) in [5, 5.41) is 0.883. The molecule has 0 amide bonds. The fourth-order valence-corrected chi connectivity index (χ4v) is 3.12. The number of hydrogen-bond donors (Lipinski definition) is 1. The summed E-state index contributed by atoms with van der Waals surface area (Å²) in [5.74, 6) is -0.308. The lowest BCUT2D eigenvalue weighted by Gasteiger charge is -2.12. The molecule has 0 aromatic heterocycles. The third kappa shape index (κ3) is 4.88. The molecule has 23 heavy (non-hydrogen) atoms. The summed E-state index contributed by atoms with van der Waals surface area (Å²) >= 11 is 0. The maximum absolute atomic E-state index is 14.2. The first kappa shape index (κ1) is 17.6. The molecule has 0 saturated carbocycles. The zero-order valence-corrected chi connectivity index (χ0v) is 15.0. The molecule has 1 atom stereocenters. The van der Waals surface area contributed by atoms with E-state index in [9.17, 15) is 12.8 Å². The number of hydrogen-bond acceptors (Lipinski definition) is 2. The number of halogens is 1. The minimum Gasteiger partial charge on any atom is -0.284 e. The van der Waals surface area contributed by atoms with Gasteiger partial charge in [-0.05, 0) is 47.1 Å². The van der Waals surface area contributed by atoms with E-state index in [2.05, 4.69) is 14.0 Å². The van der Waals surface area contributed by atoms with Crippen molar-refractivity contribution in [1.82, 2.24) is 0 Å². The highest BCUT2D eigenvalue weighted by molar-refractivity contribution is 7.92. The second-order valence-corrected chi connectivity index (χ2v) is 7.64. The van der Waals surface area contributed by atoms with E-state index >= 15 is 0 Å². The first-order valence-electron chi connectivity index (χ1n) is 7.14. The minimum atomic E-state index is -3.36. The van der Waals surface area contributed by atoms with Gasteiger partial charge in [0, 0.05) is 11.3 Å². The Kier molecular flexibility index (Phi) is 5.55. The average Bonchev–Trinajstić information content (AvgIpc) is 2.46. The highest BCUT2D eigenvalue weighted by atomic mass is 32.2. The molecule has 0 bridgehead atoms. The van der Waals surface area contributed by atoms with Crippen LogP contribution in [0.1, 0.15) is 24.5 Å². The summed E-state index contributed by atoms with van der Waals surface area (Å²) in [5.41, 5.74) is 2.45. The standard InChI is InChI=1S/C17H19FNO2PS/c1-3-5-15(16-11-14(22)8-9-17(16)18)12-6-4-7-13(10-12)19-23(2,20)21/h4-11,19H,3,22H2,1-2H3/b15-5-. The second-order valence-electron chi connectivity index (χ2n) is 5.22. The van der Waals surface area contributed by atoms with Crippen LogP contribution in [0.4, 0.5) is 10.1 Å². The summed E-state index contributed by atoms with van der Waals surface area (Å²) in [6, 6.07) is 11.8. The maximum atomic E-state index is 14.2. The molecule has 2 rings (SSSR count). The summed E-state index contributed by atoms with van der Waals surface area (Å²) in [4.78, 5) is 0. The second kappa shape index (κ2) is 7.24. The largest absolute Gasteiger partial charge is 0.284 e. The van der Waals surface area contributed by atoms with Crippen LogP contribution >= 0.6 is 9.24 Å². The Morgan fingerprint density at radius 1 is 1.26 bits per heavy atom. The lowest BCUT2D eigenvalue weighted by Crippen LogP contribution is -2.09. The van der Waals surface area contributed by atoms with E-state index in [4.69, 9.17) is 0 Å². The minimum absolute atomic E-state index is 0.308. The van der Waals surface area contributed by atoms with Gasteiger partial charge in [0.1, 0.15) is 5.82 Å². The van der Waals surface area contributed by atoms with Gasteiger partial charge >= 0.3 is 0 Å². The van der Waals surface area contributed by atoms with Crippen molar-refractivity contribution in [3.8, 4) is 0 Å². The van der Waals surface area contributed by atoms with Crippen LogP contribution in [0.2, 0.25) is 0 Å². The third-order valence-electron chi connectivity index (χ3n) is 3.17. The van der Waals surface area contributed by atoms with Gasteiger partial charge in [-0.1, -0.05) is 31.2 Å². The molecule has 0 fully saturated rings. The Labute approximate surface area is 138 Å². The fourth-order valence-electron chi connectivity index (χ4n) is 2.30. The van der Waals surface area contributed by atoms with E-state index in [1.807, 2.05) is 19.1 Å². The van der Waals surface area contributed by atoms with Gasteiger partial charge in [0.15, 0.2) is 0 Å². The van der Waals surface area contributed by atoms with Gasteiger partial charge in [-0.15, -0.1) is 9.24 Å². The molecule has 0 aliphatic carbocycles. The molecule has 0 heterocycles. The van der Waals surface area contributed by atoms with Crippen LogP contribution in [0.3, 0.4) is 0 Å². The van der Waals surface area contributed by atoms with Crippen LogP contribution in [0, 0.1) is 5.82 Å². The van der Waals surface area contributed by atoms with Gasteiger partial charge in [-0.25, -0.2) is 12.8 Å². The molecule has 2 aromatic carbocycles. The van der Waals surface area contributed by atoms with Crippen LogP contribution in [0.5, 0.6) is 0 Å². The number of allylic oxidation sites excluding steroid dienone is 1. The summed E-state index contributed by atoms with van der Waals surface area (Å²) < 4.78 is 39.5. The van der Waals surface area contributed by atoms with Crippen molar-refractivity contribution in [2.75, 3.05) is 11.0 Å². The van der Waals surface area contributed by atoms with Crippen LogP contribution in [0.25, 0.3) is 5.57 Å². The van der Waals surface area contributed by atoms with Gasteiger partial charge in [0.2, 0.25) is 10.0 Å². The van der Waals surface area contributed by atoms with Crippen molar-refractivity contribution in [2.45, 2.75) is 13.3 Å². The first-order valence-corrected chi connectivity index (χ1v) is 9.61. The van der Waals surface area contributed by atoms with Gasteiger partial charge in [-0.2, -0.15) is 0 Å².